The third-order valence-electron chi connectivity index (χ3n) is 3.38. The first-order chi connectivity index (χ1) is 11.0. The second-order valence-electron chi connectivity index (χ2n) is 5.39. The average Bonchev–Trinajstić information content (AvgIpc) is 2.53. The Morgan fingerprint density at radius 3 is 2.87 bits per heavy atom. The summed E-state index contributed by atoms with van der Waals surface area (Å²) < 4.78 is 0. The number of carboxylic acid groups (broad SMARTS) is 1. The van der Waals surface area contributed by atoms with Crippen LogP contribution in [0.5, 0.6) is 0 Å². The maximum Gasteiger partial charge on any atom is 0.419 e. The number of hydrogen-bond acceptors (Lipinski definition) is 4. The summed E-state index contributed by atoms with van der Waals surface area (Å²) in [6.45, 7) is 1.10. The first-order valence-electron chi connectivity index (χ1n) is 7.18. The number of nitrogens with zero attached hydrogens (tertiary/aromatic N) is 4. The molecule has 1 aliphatic heterocycles. The van der Waals surface area contributed by atoms with Crippen molar-refractivity contribution in [3.8, 4) is 6.07 Å². The van der Waals surface area contributed by atoms with E-state index in [1.54, 1.807) is 11.3 Å². The molecule has 23 heavy (non-hydrogen) atoms. The fraction of sp³-hybridized carbons (Fsp3) is 0.312. The smallest absolute Gasteiger partial charge is 0.419 e. The van der Waals surface area contributed by atoms with Crippen molar-refractivity contribution in [1.29, 1.82) is 5.26 Å². The van der Waals surface area contributed by atoms with Crippen LogP contribution in [0, 0.1) is 11.3 Å². The van der Waals surface area contributed by atoms with E-state index in [9.17, 15) is 10.1 Å². The van der Waals surface area contributed by atoms with Gasteiger partial charge in [-0.15, -0.1) is 0 Å². The third kappa shape index (κ3) is 4.56. The molecule has 0 radical (unpaired) electrons. The Morgan fingerprint density at radius 2 is 2.30 bits per heavy atom. The van der Waals surface area contributed by atoms with Crippen LogP contribution in [0.15, 0.2) is 29.3 Å². The number of aliphatic imine (C=N–C) groups is 1. The molecule has 0 fully saturated rings. The highest BCUT2D eigenvalue weighted by Gasteiger charge is 2.15. The highest BCUT2D eigenvalue weighted by atomic mass is 16.4. The molecule has 7 heteroatoms. The van der Waals surface area contributed by atoms with E-state index < -0.39 is 6.09 Å². The van der Waals surface area contributed by atoms with Gasteiger partial charge in [0.25, 0.3) is 0 Å². The predicted octanol–water partition coefficient (Wildman–Crippen LogP) is 2.05. The van der Waals surface area contributed by atoms with Crippen LogP contribution >= 0.6 is 0 Å². The normalized spacial score (nSPS) is 15.1. The first-order valence-corrected chi connectivity index (χ1v) is 7.18. The fourth-order valence-electron chi connectivity index (χ4n) is 2.28. The third-order valence-corrected chi connectivity index (χ3v) is 3.38. The highest BCUT2D eigenvalue weighted by Crippen LogP contribution is 2.27. The molecule has 1 aromatic carbocycles. The molecular weight excluding hydrogens is 294 g/mol. The largest absolute Gasteiger partial charge is 0.464 e. The Bertz CT molecular complexity index is 688. The summed E-state index contributed by atoms with van der Waals surface area (Å²) in [7, 11) is 3.74. The minimum Gasteiger partial charge on any atom is -0.464 e. The molecule has 0 spiro atoms. The van der Waals surface area contributed by atoms with Crippen molar-refractivity contribution in [3.63, 3.8) is 0 Å². The predicted molar refractivity (Wildman–Crippen MR) is 88.3 cm³/mol. The second kappa shape index (κ2) is 7.42. The number of carbonyl (C=O) groups is 1. The van der Waals surface area contributed by atoms with Gasteiger partial charge >= 0.3 is 6.09 Å². The van der Waals surface area contributed by atoms with Crippen molar-refractivity contribution in [2.24, 2.45) is 4.99 Å². The van der Waals surface area contributed by atoms with Crippen LogP contribution in [-0.2, 0) is 0 Å². The zero-order valence-electron chi connectivity index (χ0n) is 13.2. The molecule has 1 amide bonds. The number of benzene rings is 1. The van der Waals surface area contributed by atoms with Crippen molar-refractivity contribution in [1.82, 2.24) is 15.3 Å². The van der Waals surface area contributed by atoms with Crippen LogP contribution in [0.25, 0.3) is 5.57 Å². The van der Waals surface area contributed by atoms with E-state index in [-0.39, 0.29) is 0 Å². The van der Waals surface area contributed by atoms with Crippen molar-refractivity contribution >= 4 is 23.7 Å². The van der Waals surface area contributed by atoms with Crippen molar-refractivity contribution in [2.75, 3.05) is 27.2 Å². The van der Waals surface area contributed by atoms with Gasteiger partial charge in [-0.25, -0.2) is 14.8 Å². The Balaban J connectivity index is 2.17. The van der Waals surface area contributed by atoms with E-state index in [0.29, 0.717) is 30.8 Å². The molecule has 2 rings (SSSR count). The maximum absolute atomic E-state index is 10.6. The van der Waals surface area contributed by atoms with Crippen LogP contribution in [0.3, 0.4) is 0 Å². The fourth-order valence-corrected chi connectivity index (χ4v) is 2.28. The highest BCUT2D eigenvalue weighted by molar-refractivity contribution is 5.73. The van der Waals surface area contributed by atoms with Gasteiger partial charge in [0.05, 0.1) is 17.6 Å². The molecule has 120 valence electrons. The molecule has 0 unspecified atom stereocenters. The zero-order chi connectivity index (χ0) is 16.8. The lowest BCUT2D eigenvalue weighted by Gasteiger charge is -2.25. The Morgan fingerprint density at radius 1 is 1.52 bits per heavy atom. The summed E-state index contributed by atoms with van der Waals surface area (Å²) >= 11 is 0. The summed E-state index contributed by atoms with van der Waals surface area (Å²) in [5.74, 6) is 0. The molecule has 2 N–H and O–H groups in total. The Hall–Kier alpha value is -2.85. The molecule has 1 aromatic rings. The number of amides is 1. The summed E-state index contributed by atoms with van der Waals surface area (Å²) in [4.78, 5) is 16.7. The van der Waals surface area contributed by atoms with E-state index in [1.807, 2.05) is 43.3 Å². The molecule has 0 aromatic heterocycles. The molecule has 0 saturated carbocycles. The molecule has 0 saturated heterocycles. The van der Waals surface area contributed by atoms with Crippen molar-refractivity contribution < 1.29 is 9.90 Å². The zero-order valence-corrected chi connectivity index (χ0v) is 13.2. The van der Waals surface area contributed by atoms with Gasteiger partial charge in [-0.2, -0.15) is 5.26 Å². The van der Waals surface area contributed by atoms with Gasteiger partial charge in [0.2, 0.25) is 0 Å². The quantitative estimate of drug-likeness (QED) is 0.655. The number of nitriles is 1. The van der Waals surface area contributed by atoms with Gasteiger partial charge in [0.15, 0.2) is 0 Å². The molecule has 0 bridgehead atoms. The van der Waals surface area contributed by atoms with Crippen LogP contribution in [0.1, 0.15) is 17.5 Å². The van der Waals surface area contributed by atoms with E-state index in [1.165, 1.54) is 0 Å². The van der Waals surface area contributed by atoms with Crippen LogP contribution in [0.2, 0.25) is 0 Å². The summed E-state index contributed by atoms with van der Waals surface area (Å²) in [6, 6.07) is 7.77. The van der Waals surface area contributed by atoms with Gasteiger partial charge in [-0.3, -0.25) is 5.43 Å². The minimum atomic E-state index is -1.06. The average molecular weight is 313 g/mol. The van der Waals surface area contributed by atoms with E-state index in [4.69, 9.17) is 5.11 Å². The van der Waals surface area contributed by atoms with Gasteiger partial charge in [0, 0.05) is 27.2 Å². The number of hydrazine groups is 1. The second-order valence-corrected chi connectivity index (χ2v) is 5.39. The van der Waals surface area contributed by atoms with E-state index in [2.05, 4.69) is 16.5 Å². The lowest BCUT2D eigenvalue weighted by Crippen LogP contribution is -2.43. The van der Waals surface area contributed by atoms with Gasteiger partial charge in [-0.05, 0) is 29.7 Å². The Kier molecular flexibility index (Phi) is 5.33. The molecule has 1 heterocycles. The summed E-state index contributed by atoms with van der Waals surface area (Å²) in [6.07, 6.45) is 3.28. The SMILES string of the molecule is CN(C)/C=N/c1ccc(C2=CCN(NC(=O)O)CC2)cc1C#N. The van der Waals surface area contributed by atoms with E-state index in [0.717, 1.165) is 11.1 Å². The maximum atomic E-state index is 10.6. The summed E-state index contributed by atoms with van der Waals surface area (Å²) in [5, 5.41) is 19.6. The van der Waals surface area contributed by atoms with E-state index >= 15 is 0 Å². The van der Waals surface area contributed by atoms with Crippen molar-refractivity contribution in [2.45, 2.75) is 6.42 Å². The standard InChI is InChI=1S/C16H19N5O2/c1-20(2)11-18-15-4-3-13(9-14(15)10-17)12-5-7-21(8-6-12)19-16(22)23/h3-5,9,11,19H,6-8H2,1-2H3,(H,22,23)/b18-11+. The molecular formula is C16H19N5O2. The molecule has 1 aliphatic rings. The van der Waals surface area contributed by atoms with Crippen LogP contribution in [-0.4, -0.2) is 54.6 Å². The Labute approximate surface area is 135 Å². The monoisotopic (exact) mass is 313 g/mol. The summed E-state index contributed by atoms with van der Waals surface area (Å²) in [5.41, 5.74) is 5.57. The van der Waals surface area contributed by atoms with Crippen molar-refractivity contribution in [3.05, 3.63) is 35.4 Å². The van der Waals surface area contributed by atoms with Gasteiger partial charge < -0.3 is 10.0 Å². The lowest BCUT2D eigenvalue weighted by atomic mass is 9.98. The molecule has 7 nitrogen and oxygen atoms in total. The van der Waals surface area contributed by atoms with Crippen LogP contribution < -0.4 is 5.43 Å². The molecule has 0 aliphatic carbocycles. The molecule has 0 atom stereocenters. The lowest BCUT2D eigenvalue weighted by molar-refractivity contribution is 0.146. The minimum absolute atomic E-state index is 0.504. The van der Waals surface area contributed by atoms with Gasteiger partial charge in [-0.1, -0.05) is 12.1 Å². The number of hydrogen-bond donors (Lipinski definition) is 2. The number of rotatable bonds is 4. The van der Waals surface area contributed by atoms with Crippen LogP contribution in [0.4, 0.5) is 10.5 Å². The topological polar surface area (TPSA) is 92.0 Å². The van der Waals surface area contributed by atoms with Gasteiger partial charge in [0.1, 0.15) is 6.07 Å². The first kappa shape index (κ1) is 16.5. The number of nitrogens with one attached hydrogen (secondary N) is 1.